The van der Waals surface area contributed by atoms with E-state index in [1.54, 1.807) is 18.2 Å². The van der Waals surface area contributed by atoms with Crippen LogP contribution in [0.3, 0.4) is 0 Å². The van der Waals surface area contributed by atoms with Gasteiger partial charge in [0.1, 0.15) is 30.0 Å². The first-order chi connectivity index (χ1) is 11.1. The number of nitrogens with one attached hydrogen (secondary N) is 1. The number of hydrogen-bond donors (Lipinski definition) is 1. The maximum atomic E-state index is 14.1. The predicted octanol–water partition coefficient (Wildman–Crippen LogP) is 3.40. The van der Waals surface area contributed by atoms with Crippen molar-refractivity contribution >= 4 is 0 Å². The molecule has 0 amide bonds. The summed E-state index contributed by atoms with van der Waals surface area (Å²) in [6.45, 7) is 2.49. The lowest BCUT2D eigenvalue weighted by atomic mass is 10.1. The number of halogens is 2. The van der Waals surface area contributed by atoms with Crippen LogP contribution in [0.15, 0.2) is 55.1 Å². The summed E-state index contributed by atoms with van der Waals surface area (Å²) >= 11 is 0. The third-order valence-electron chi connectivity index (χ3n) is 3.66. The summed E-state index contributed by atoms with van der Waals surface area (Å²) in [5.41, 5.74) is 2.16. The third-order valence-corrected chi connectivity index (χ3v) is 3.66. The highest BCUT2D eigenvalue weighted by molar-refractivity contribution is 5.35. The second-order valence-corrected chi connectivity index (χ2v) is 5.28. The number of nitrogens with zero attached hydrogens (tertiary/aromatic N) is 3. The first-order valence-corrected chi connectivity index (χ1v) is 7.26. The molecule has 0 saturated carbocycles. The van der Waals surface area contributed by atoms with E-state index in [1.807, 2.05) is 13.0 Å². The predicted molar refractivity (Wildman–Crippen MR) is 83.0 cm³/mol. The van der Waals surface area contributed by atoms with Gasteiger partial charge >= 0.3 is 0 Å². The second-order valence-electron chi connectivity index (χ2n) is 5.28. The molecule has 3 rings (SSSR count). The van der Waals surface area contributed by atoms with E-state index in [2.05, 4.69) is 15.4 Å². The van der Waals surface area contributed by atoms with Crippen molar-refractivity contribution in [3.8, 4) is 5.69 Å². The molecular formula is C17H16F2N4. The Morgan fingerprint density at radius 2 is 1.91 bits per heavy atom. The number of aromatic nitrogens is 3. The van der Waals surface area contributed by atoms with Gasteiger partial charge in [-0.25, -0.2) is 18.4 Å². The zero-order valence-corrected chi connectivity index (χ0v) is 12.6. The van der Waals surface area contributed by atoms with Gasteiger partial charge in [0.25, 0.3) is 0 Å². The van der Waals surface area contributed by atoms with E-state index in [1.165, 1.54) is 35.5 Å². The van der Waals surface area contributed by atoms with Crippen molar-refractivity contribution in [3.05, 3.63) is 77.9 Å². The van der Waals surface area contributed by atoms with Crippen molar-refractivity contribution in [2.45, 2.75) is 19.5 Å². The lowest BCUT2D eigenvalue weighted by Crippen LogP contribution is -2.18. The molecule has 0 aliphatic carbocycles. The molecule has 1 N–H and O–H groups in total. The Labute approximate surface area is 132 Å². The minimum atomic E-state index is -0.357. The Kier molecular flexibility index (Phi) is 4.43. The van der Waals surface area contributed by atoms with Gasteiger partial charge in [0.2, 0.25) is 0 Å². The second kappa shape index (κ2) is 6.66. The Morgan fingerprint density at radius 3 is 2.57 bits per heavy atom. The molecule has 0 fully saturated rings. The molecule has 3 aromatic rings. The van der Waals surface area contributed by atoms with Crippen molar-refractivity contribution in [2.24, 2.45) is 0 Å². The summed E-state index contributed by atoms with van der Waals surface area (Å²) in [5.74, 6) is -0.615. The molecule has 118 valence electrons. The maximum absolute atomic E-state index is 14.1. The van der Waals surface area contributed by atoms with E-state index in [4.69, 9.17) is 0 Å². The lowest BCUT2D eigenvalue weighted by molar-refractivity contribution is 0.564. The zero-order chi connectivity index (χ0) is 16.2. The molecule has 2 aromatic carbocycles. The molecular weight excluding hydrogens is 298 g/mol. The van der Waals surface area contributed by atoms with Gasteiger partial charge in [-0.3, -0.25) is 0 Å². The van der Waals surface area contributed by atoms with Gasteiger partial charge < -0.3 is 5.32 Å². The van der Waals surface area contributed by atoms with Crippen molar-refractivity contribution in [3.63, 3.8) is 0 Å². The molecule has 0 spiro atoms. The van der Waals surface area contributed by atoms with Gasteiger partial charge in [0, 0.05) is 12.6 Å². The monoisotopic (exact) mass is 314 g/mol. The van der Waals surface area contributed by atoms with Gasteiger partial charge in [-0.05, 0) is 42.3 Å². The van der Waals surface area contributed by atoms with Gasteiger partial charge in [-0.15, -0.1) is 0 Å². The molecule has 23 heavy (non-hydrogen) atoms. The van der Waals surface area contributed by atoms with E-state index < -0.39 is 0 Å². The van der Waals surface area contributed by atoms with Crippen LogP contribution in [0.25, 0.3) is 5.69 Å². The van der Waals surface area contributed by atoms with Crippen LogP contribution in [0.1, 0.15) is 24.1 Å². The fourth-order valence-electron chi connectivity index (χ4n) is 2.32. The van der Waals surface area contributed by atoms with Crippen molar-refractivity contribution in [1.82, 2.24) is 20.1 Å². The summed E-state index contributed by atoms with van der Waals surface area (Å²) in [5, 5.41) is 7.21. The van der Waals surface area contributed by atoms with E-state index in [-0.39, 0.29) is 17.7 Å². The largest absolute Gasteiger partial charge is 0.306 e. The zero-order valence-electron chi connectivity index (χ0n) is 12.6. The van der Waals surface area contributed by atoms with Crippen LogP contribution >= 0.6 is 0 Å². The molecule has 0 aliphatic rings. The highest BCUT2D eigenvalue weighted by Gasteiger charge is 2.08. The van der Waals surface area contributed by atoms with Crippen LogP contribution in [0.4, 0.5) is 8.78 Å². The van der Waals surface area contributed by atoms with Crippen LogP contribution in [-0.4, -0.2) is 14.8 Å². The Balaban J connectivity index is 1.66. The highest BCUT2D eigenvalue weighted by atomic mass is 19.1. The quantitative estimate of drug-likeness (QED) is 0.785. The first kappa shape index (κ1) is 15.3. The molecule has 0 radical (unpaired) electrons. The van der Waals surface area contributed by atoms with Crippen molar-refractivity contribution in [1.29, 1.82) is 0 Å². The molecule has 1 heterocycles. The van der Waals surface area contributed by atoms with Gasteiger partial charge in [0.15, 0.2) is 0 Å². The Morgan fingerprint density at radius 1 is 1.13 bits per heavy atom. The van der Waals surface area contributed by atoms with E-state index >= 15 is 0 Å². The summed E-state index contributed by atoms with van der Waals surface area (Å²) in [4.78, 5) is 3.81. The average molecular weight is 314 g/mol. The van der Waals surface area contributed by atoms with Crippen LogP contribution in [0.2, 0.25) is 0 Å². The third kappa shape index (κ3) is 3.60. The summed E-state index contributed by atoms with van der Waals surface area (Å²) in [7, 11) is 0. The van der Waals surface area contributed by atoms with Crippen LogP contribution in [-0.2, 0) is 6.54 Å². The molecule has 0 bridgehead atoms. The smallest absolute Gasteiger partial charge is 0.149 e. The topological polar surface area (TPSA) is 42.7 Å². The molecule has 0 aliphatic heterocycles. The fraction of sp³-hybridized carbons (Fsp3) is 0.176. The summed E-state index contributed by atoms with van der Waals surface area (Å²) in [6, 6.07) is 11.4. The maximum Gasteiger partial charge on any atom is 0.149 e. The minimum Gasteiger partial charge on any atom is -0.306 e. The van der Waals surface area contributed by atoms with Crippen molar-refractivity contribution < 1.29 is 8.78 Å². The number of hydrogen-bond acceptors (Lipinski definition) is 3. The lowest BCUT2D eigenvalue weighted by Gasteiger charge is -2.15. The first-order valence-electron chi connectivity index (χ1n) is 7.26. The summed E-state index contributed by atoms with van der Waals surface area (Å²) in [6.07, 6.45) is 2.81. The standard InChI is InChI=1S/C17H16F2N4/c1-12(14-3-5-15(18)6-4-14)21-9-13-2-7-17(16(19)8-13)23-11-20-10-22-23/h2-8,10-12,21H,9H2,1H3/t12-/m0/s1. The van der Waals surface area contributed by atoms with E-state index in [9.17, 15) is 8.78 Å². The molecule has 4 nitrogen and oxygen atoms in total. The van der Waals surface area contributed by atoms with Gasteiger partial charge in [-0.1, -0.05) is 18.2 Å². The summed E-state index contributed by atoms with van der Waals surface area (Å²) < 4.78 is 28.5. The number of rotatable bonds is 5. The fourth-order valence-corrected chi connectivity index (χ4v) is 2.32. The normalized spacial score (nSPS) is 12.3. The minimum absolute atomic E-state index is 0.0358. The number of benzene rings is 2. The van der Waals surface area contributed by atoms with Crippen LogP contribution in [0, 0.1) is 11.6 Å². The van der Waals surface area contributed by atoms with Crippen LogP contribution in [0.5, 0.6) is 0 Å². The highest BCUT2D eigenvalue weighted by Crippen LogP contribution is 2.16. The molecule has 1 atom stereocenters. The molecule has 6 heteroatoms. The molecule has 1 aromatic heterocycles. The molecule has 0 saturated heterocycles. The van der Waals surface area contributed by atoms with Gasteiger partial charge in [0.05, 0.1) is 0 Å². The SMILES string of the molecule is C[C@H](NCc1ccc(-n2cncn2)c(F)c1)c1ccc(F)cc1. The van der Waals surface area contributed by atoms with Gasteiger partial charge in [-0.2, -0.15) is 5.10 Å². The van der Waals surface area contributed by atoms with E-state index in [0.29, 0.717) is 12.2 Å². The van der Waals surface area contributed by atoms with Crippen molar-refractivity contribution in [2.75, 3.05) is 0 Å². The van der Waals surface area contributed by atoms with E-state index in [0.717, 1.165) is 11.1 Å². The molecule has 0 unspecified atom stereocenters. The Hall–Kier alpha value is -2.60. The van der Waals surface area contributed by atoms with Crippen LogP contribution < -0.4 is 5.32 Å². The Bertz CT molecular complexity index is 770. The average Bonchev–Trinajstić information content (AvgIpc) is 3.07.